The summed E-state index contributed by atoms with van der Waals surface area (Å²) in [5, 5.41) is 84.7. The number of fused-ring (bicyclic) bond motifs is 10. The molecule has 0 aromatic heterocycles. The van der Waals surface area contributed by atoms with Crippen LogP contribution >= 0.6 is 18.2 Å². The van der Waals surface area contributed by atoms with E-state index in [9.17, 15) is 72.6 Å². The van der Waals surface area contributed by atoms with Gasteiger partial charge in [-0.1, -0.05) is 138 Å². The average molecular weight is 2030 g/mol. The predicted molar refractivity (Wildman–Crippen MR) is 532 cm³/mol. The maximum Gasteiger partial charge on any atom is 0.373 e. The van der Waals surface area contributed by atoms with Gasteiger partial charge in [0, 0.05) is 142 Å². The van der Waals surface area contributed by atoms with Crippen molar-refractivity contribution in [2.45, 2.75) is 283 Å². The third-order valence-electron chi connectivity index (χ3n) is 36.1. The Hall–Kier alpha value is -9.72. The molecule has 5 saturated heterocycles. The molecule has 36 heteroatoms. The van der Waals surface area contributed by atoms with Crippen molar-refractivity contribution in [2.75, 3.05) is 122 Å². The van der Waals surface area contributed by atoms with Crippen molar-refractivity contribution < 1.29 is 115 Å². The van der Waals surface area contributed by atoms with Crippen LogP contribution in [0.2, 0.25) is 0 Å². The van der Waals surface area contributed by atoms with Gasteiger partial charge in [-0.25, -0.2) is 9.59 Å². The molecule has 7 fully saturated rings. The topological polar surface area (TPSA) is 422 Å². The van der Waals surface area contributed by atoms with E-state index in [0.29, 0.717) is 84.1 Å². The molecular formula is C108H140F2N10O22P2. The molecule has 2 spiro atoms. The van der Waals surface area contributed by atoms with E-state index < -0.39 is 157 Å². The van der Waals surface area contributed by atoms with Gasteiger partial charge in [0.05, 0.1) is 49.2 Å². The summed E-state index contributed by atoms with van der Waals surface area (Å²) in [5.74, 6) is -5.18. The van der Waals surface area contributed by atoms with Crippen LogP contribution in [0.25, 0.3) is 11.1 Å². The lowest BCUT2D eigenvalue weighted by Gasteiger charge is -2.63. The highest BCUT2D eigenvalue weighted by molar-refractivity contribution is 7.26. The number of carbonyl (C=O) groups is 8. The van der Waals surface area contributed by atoms with E-state index in [1.165, 1.54) is 67.5 Å². The van der Waals surface area contributed by atoms with Crippen molar-refractivity contribution >= 4 is 101 Å². The lowest BCUT2D eigenvalue weighted by atomic mass is 9.47. The van der Waals surface area contributed by atoms with Crippen molar-refractivity contribution in [1.29, 1.82) is 0 Å². The number of amides is 4. The number of aliphatic hydroxyl groups excluding tert-OH is 2. The van der Waals surface area contributed by atoms with Gasteiger partial charge in [0.2, 0.25) is 11.8 Å². The number of nitrogens with zero attached hydrogens (tertiary/aromatic N) is 7. The van der Waals surface area contributed by atoms with Gasteiger partial charge in [0.15, 0.2) is 11.2 Å². The highest BCUT2D eigenvalue weighted by Gasteiger charge is 2.81. The first-order chi connectivity index (χ1) is 68.7. The van der Waals surface area contributed by atoms with Crippen LogP contribution in [-0.4, -0.2) is 298 Å². The second-order valence-electron chi connectivity index (χ2n) is 43.5. The molecule has 19 rings (SSSR count). The fourth-order valence-corrected chi connectivity index (χ4v) is 30.7. The Labute approximate surface area is 843 Å². The third kappa shape index (κ3) is 18.2. The minimum absolute atomic E-state index is 0.149. The Kier molecular flexibility index (Phi) is 31.3. The van der Waals surface area contributed by atoms with E-state index in [1.54, 1.807) is 0 Å². The largest absolute Gasteiger partial charge is 0.462 e. The zero-order valence-electron chi connectivity index (χ0n) is 84.4. The summed E-state index contributed by atoms with van der Waals surface area (Å²) >= 11 is 0. The summed E-state index contributed by atoms with van der Waals surface area (Å²) < 4.78 is 44.4. The van der Waals surface area contributed by atoms with Gasteiger partial charge < -0.3 is 79.8 Å². The normalized spacial score (nSPS) is 34.2. The number of halogens is 2. The van der Waals surface area contributed by atoms with Gasteiger partial charge in [-0.15, -0.1) is 0 Å². The minimum atomic E-state index is -2.32. The van der Waals surface area contributed by atoms with Gasteiger partial charge in [-0.05, 0) is 227 Å². The number of nitrogens with one attached hydrogen (secondary N) is 3. The number of piperidine rings is 2. The molecule has 14 unspecified atom stereocenters. The molecule has 32 nitrogen and oxygen atoms in total. The number of carbonyl (C=O) groups excluding carboxylic acids is 12. The van der Waals surface area contributed by atoms with Crippen LogP contribution in [0.3, 0.4) is 0 Å². The molecule has 11 aliphatic heterocycles. The van der Waals surface area contributed by atoms with Gasteiger partial charge in [0.25, 0.3) is 30.1 Å². The lowest BCUT2D eigenvalue weighted by Crippen LogP contribution is -2.81. The molecule has 144 heavy (non-hydrogen) atoms. The number of likely N-dealkylation sites (N-methyl/N-ethyl adjacent to an activating group) is 2. The van der Waals surface area contributed by atoms with Crippen molar-refractivity contribution in [3.8, 4) is 0 Å². The fourth-order valence-electron chi connectivity index (χ4n) is 30.4. The molecule has 4 amide bonds. The van der Waals surface area contributed by atoms with Gasteiger partial charge in [-0.2, -0.15) is 27.6 Å². The number of aliphatic hydroxyl groups is 6. The Bertz CT molecular complexity index is 5840. The second kappa shape index (κ2) is 42.1. The van der Waals surface area contributed by atoms with Crippen molar-refractivity contribution in [3.05, 3.63) is 164 Å². The number of anilines is 2. The Morgan fingerprint density at radius 2 is 0.979 bits per heavy atom. The quantitative estimate of drug-likeness (QED) is 0.00984. The average Bonchev–Trinajstić information content (AvgIpc) is 1.48. The van der Waals surface area contributed by atoms with Crippen molar-refractivity contribution in [3.63, 3.8) is 0 Å². The molecule has 4 aromatic carbocycles. The number of rotatable bonds is 25. The van der Waals surface area contributed by atoms with Crippen LogP contribution in [0.5, 0.6) is 0 Å². The van der Waals surface area contributed by atoms with Gasteiger partial charge >= 0.3 is 36.2 Å². The molecule has 0 radical (unpaired) electrons. The monoisotopic (exact) mass is 2030 g/mol. The molecule has 2 saturated carbocycles. The molecule has 4 aliphatic carbocycles. The Balaban J connectivity index is 0.000000196. The lowest BCUT2D eigenvalue weighted by molar-refractivity contribution is -0.203. The number of hydrogen-bond acceptors (Lipinski definition) is 28. The van der Waals surface area contributed by atoms with Crippen LogP contribution in [-0.2, 0) is 111 Å². The van der Waals surface area contributed by atoms with E-state index >= 15 is 4.79 Å². The van der Waals surface area contributed by atoms with Crippen LogP contribution < -0.4 is 25.8 Å². The molecule has 11 heterocycles. The molecule has 4 aromatic rings. The number of esters is 2. The first kappa shape index (κ1) is 107. The van der Waals surface area contributed by atoms with Crippen LogP contribution in [0.1, 0.15) is 220 Å². The number of aryl methyl sites for hydroxylation is 2. The van der Waals surface area contributed by atoms with E-state index in [2.05, 4.69) is 182 Å². The molecular weight excluding hydrogens is 1890 g/mol. The smallest absolute Gasteiger partial charge is 0.373 e. The van der Waals surface area contributed by atoms with Gasteiger partial charge in [0.1, 0.15) is 37.5 Å². The predicted octanol–water partition coefficient (Wildman–Crippen LogP) is 8.69. The van der Waals surface area contributed by atoms with E-state index in [0.717, 1.165) is 124 Å². The number of ether oxygens (including phenoxy) is 2. The van der Waals surface area contributed by atoms with E-state index in [-0.39, 0.29) is 88.2 Å². The van der Waals surface area contributed by atoms with Crippen molar-refractivity contribution in [2.24, 2.45) is 22.7 Å². The van der Waals surface area contributed by atoms with Crippen LogP contribution in [0, 0.1) is 36.5 Å². The first-order valence-electron chi connectivity index (χ1n) is 51.2. The summed E-state index contributed by atoms with van der Waals surface area (Å²) in [7, 11) is 0.852. The molecule has 9 N–H and O–H groups in total. The van der Waals surface area contributed by atoms with Crippen LogP contribution in [0.15, 0.2) is 108 Å². The first-order valence-corrected chi connectivity index (χ1v) is 52.8. The zero-order chi connectivity index (χ0) is 104. The van der Waals surface area contributed by atoms with E-state index in [4.69, 9.17) is 28.7 Å². The number of hydrogen-bond donors (Lipinski definition) is 9. The minimum Gasteiger partial charge on any atom is -0.462 e. The SMILES string of the molecule is CCC1(O)CC2CN(CCC3=C(Cc4ccccc43)[C@](C)(c3cc4c(cc3C)N(C)C3[C@@]45CCN4CC=C[C@@](CC)(C45)[C@H](O)[C@@]3(O)C(=O)NCCOC(=O)C(C)NC(=O)CCC(=O)OPF)C2)C1.CCC1(O)CC2CN(CCC3=C(Cc4ccccc43)[C@](C)(c3cc4c(cc3C)N(C)C3[C@@]45CCN4CC=C[C@@](CC)(C45)[C@H](O)[C@@]3(O)C(=O)NCCOC(=O)C3CCCN3C(=O)CCC(=O)OPF)C2)C1.O=C=O.O=C=O. The zero-order valence-corrected chi connectivity index (χ0v) is 86.4. The highest BCUT2D eigenvalue weighted by Crippen LogP contribution is 2.70. The van der Waals surface area contributed by atoms with Gasteiger partial charge in [-0.3, -0.25) is 48.4 Å². The molecule has 4 bridgehead atoms. The molecule has 15 aliphatic rings. The summed E-state index contributed by atoms with van der Waals surface area (Å²) in [6.45, 7) is 26.2. The number of likely N-dealkylation sites (tertiary alicyclic amines) is 1. The standard InChI is InChI=1S/C54H71FN5O9P.C52H69FN5O9P.2CO2/c1-6-51(66)30-34-29-50(4,39-27-35-12-8-9-13-36(35)37(39)17-23-58(31-34)32-51)38-28-40-42(26-33(38)3)57(5)47-53(40)19-24-59-21-11-18-52(7-2,46(53)59)48(64)54(47,67)49(65)56-20-25-68-45(63)41-14-10-22-60(41)43(61)15-16-44(62)69-70-55;1-7-49(64)28-33-27-48(5,38-25-34-12-9-10-13-35(34)36(38)16-21-57(29-33)30-49)37-26-39-40(24-31(37)3)56(6)45-51(39)18-22-58-20-11-17-50(8-2,44(51)58)46(62)52(45,65)47(63)54-19-23-66-43(61)32(4)55-41(59)14-15-42(60)67-68-53;2*2-1-3/h8-9,11-13,18,26,28,34,41,46-48,64,66-67,70H,6-7,10,14-17,19-25,27,29-32H2,1-5H3,(H,56,65);9-13,17,24,26,32-33,44-46,62,64-65,68H,7-8,14-16,18-23,25,27-30H2,1-6H3,(H,54,63)(H,55,59);;/t34?,41?,46?,47?,48-,50-,51?,52-,53-,54+;32?,33?,44?,45?,46-,48-,49?,50-,51-,52+;;/m00../s1. The molecule has 778 valence electrons. The Morgan fingerprint density at radius 3 is 1.41 bits per heavy atom. The summed E-state index contributed by atoms with van der Waals surface area (Å²) in [4.78, 5) is 152. The number of benzene rings is 4. The molecule has 24 atom stereocenters. The summed E-state index contributed by atoms with van der Waals surface area (Å²) in [6.07, 6.45) is 15.9. The van der Waals surface area contributed by atoms with Crippen LogP contribution in [0.4, 0.5) is 19.8 Å². The summed E-state index contributed by atoms with van der Waals surface area (Å²) in [5.41, 5.74) is 9.34. The van der Waals surface area contributed by atoms with Crippen molar-refractivity contribution in [1.82, 2.24) is 40.4 Å². The number of allylic oxidation sites excluding steroid dienone is 2. The highest BCUT2D eigenvalue weighted by atomic mass is 31.1. The maximum absolute atomic E-state index is 15.1. The third-order valence-corrected chi connectivity index (χ3v) is 36.7. The fraction of sp³-hybridized carbons (Fsp3) is 0.611. The summed E-state index contributed by atoms with van der Waals surface area (Å²) in [6, 6.07) is 22.9. The second-order valence-corrected chi connectivity index (χ2v) is 44.3. The maximum atomic E-state index is 15.1. The van der Waals surface area contributed by atoms with E-state index in [1.807, 2.05) is 38.9 Å². The Morgan fingerprint density at radius 1 is 0.549 bits per heavy atom.